The monoisotopic (exact) mass is 489 g/mol. The molecule has 0 aliphatic heterocycles. The number of imidazole rings is 1. The van der Waals surface area contributed by atoms with Gasteiger partial charge in [-0.15, -0.1) is 0 Å². The van der Waals surface area contributed by atoms with Crippen LogP contribution in [0.3, 0.4) is 0 Å². The molecule has 0 fully saturated rings. The SMILES string of the molecule is Cc1ccc(OCCn2c(CCCCCNC(=O)c3ccc(Cl)cc3)nc3ccccc32)cc1C. The van der Waals surface area contributed by atoms with E-state index in [1.54, 1.807) is 24.3 Å². The summed E-state index contributed by atoms with van der Waals surface area (Å²) in [6, 6.07) is 21.4. The van der Waals surface area contributed by atoms with Gasteiger partial charge in [0, 0.05) is 23.6 Å². The molecule has 6 heteroatoms. The maximum absolute atomic E-state index is 12.2. The summed E-state index contributed by atoms with van der Waals surface area (Å²) in [4.78, 5) is 17.1. The molecule has 0 aliphatic rings. The van der Waals surface area contributed by atoms with Gasteiger partial charge < -0.3 is 14.6 Å². The minimum Gasteiger partial charge on any atom is -0.492 e. The van der Waals surface area contributed by atoms with Gasteiger partial charge >= 0.3 is 0 Å². The lowest BCUT2D eigenvalue weighted by molar-refractivity contribution is 0.0953. The predicted octanol–water partition coefficient (Wildman–Crippen LogP) is 6.53. The van der Waals surface area contributed by atoms with E-state index in [1.165, 1.54) is 11.1 Å². The quantitative estimate of drug-likeness (QED) is 0.244. The molecule has 5 nitrogen and oxygen atoms in total. The lowest BCUT2D eigenvalue weighted by Gasteiger charge is -2.12. The molecule has 4 rings (SSSR count). The van der Waals surface area contributed by atoms with E-state index in [9.17, 15) is 4.79 Å². The number of fused-ring (bicyclic) bond motifs is 1. The van der Waals surface area contributed by atoms with Crippen LogP contribution in [0, 0.1) is 13.8 Å². The zero-order valence-electron chi connectivity index (χ0n) is 20.4. The molecule has 1 amide bonds. The second-order valence-electron chi connectivity index (χ2n) is 8.84. The first-order valence-corrected chi connectivity index (χ1v) is 12.6. The van der Waals surface area contributed by atoms with Crippen LogP contribution in [0.1, 0.15) is 46.6 Å². The van der Waals surface area contributed by atoms with Crippen molar-refractivity contribution in [2.75, 3.05) is 13.2 Å². The van der Waals surface area contributed by atoms with E-state index in [0.29, 0.717) is 23.7 Å². The number of hydrogen-bond acceptors (Lipinski definition) is 3. The summed E-state index contributed by atoms with van der Waals surface area (Å²) in [5, 5.41) is 3.61. The van der Waals surface area contributed by atoms with Crippen molar-refractivity contribution in [3.8, 4) is 5.75 Å². The number of para-hydroxylation sites is 2. The van der Waals surface area contributed by atoms with Crippen LogP contribution >= 0.6 is 11.6 Å². The van der Waals surface area contributed by atoms with Gasteiger partial charge in [-0.25, -0.2) is 4.98 Å². The summed E-state index contributed by atoms with van der Waals surface area (Å²) in [5.74, 6) is 1.92. The fourth-order valence-electron chi connectivity index (χ4n) is 4.11. The van der Waals surface area contributed by atoms with E-state index in [-0.39, 0.29) is 5.91 Å². The first-order valence-electron chi connectivity index (χ1n) is 12.2. The highest BCUT2D eigenvalue weighted by Crippen LogP contribution is 2.20. The minimum atomic E-state index is -0.0628. The number of aromatic nitrogens is 2. The van der Waals surface area contributed by atoms with Gasteiger partial charge in [-0.1, -0.05) is 36.2 Å². The molecule has 0 spiro atoms. The normalized spacial score (nSPS) is 11.1. The number of aryl methyl sites for hydroxylation is 3. The lowest BCUT2D eigenvalue weighted by atomic mass is 10.1. The Hall–Kier alpha value is -3.31. The highest BCUT2D eigenvalue weighted by Gasteiger charge is 2.11. The summed E-state index contributed by atoms with van der Waals surface area (Å²) >= 11 is 5.89. The van der Waals surface area contributed by atoms with E-state index < -0.39 is 0 Å². The van der Waals surface area contributed by atoms with Gasteiger partial charge in [-0.05, 0) is 86.3 Å². The zero-order chi connectivity index (χ0) is 24.6. The Balaban J connectivity index is 1.27. The molecular formula is C29H32ClN3O2. The van der Waals surface area contributed by atoms with Crippen molar-refractivity contribution in [1.82, 2.24) is 14.9 Å². The molecule has 0 bridgehead atoms. The number of unbranched alkanes of at least 4 members (excludes halogenated alkanes) is 2. The van der Waals surface area contributed by atoms with Crippen molar-refractivity contribution < 1.29 is 9.53 Å². The average molecular weight is 490 g/mol. The largest absolute Gasteiger partial charge is 0.492 e. The standard InChI is InChI=1S/C29H32ClN3O2/c1-21-11-16-25(20-22(21)2)35-19-18-33-27-9-6-5-8-26(27)32-28(33)10-4-3-7-17-31-29(34)23-12-14-24(30)15-13-23/h5-6,8-9,11-16,20H,3-4,7,10,17-19H2,1-2H3,(H,31,34). The van der Waals surface area contributed by atoms with Crippen LogP contribution in [-0.2, 0) is 13.0 Å². The number of ether oxygens (including phenoxy) is 1. The molecule has 0 atom stereocenters. The third kappa shape index (κ3) is 6.64. The van der Waals surface area contributed by atoms with Gasteiger partial charge in [0.1, 0.15) is 18.2 Å². The van der Waals surface area contributed by atoms with E-state index in [4.69, 9.17) is 21.3 Å². The number of benzene rings is 3. The van der Waals surface area contributed by atoms with Crippen molar-refractivity contribution >= 4 is 28.5 Å². The molecule has 3 aromatic carbocycles. The Kier molecular flexibility index (Phi) is 8.43. The molecule has 0 radical (unpaired) electrons. The molecular weight excluding hydrogens is 458 g/mol. The predicted molar refractivity (Wildman–Crippen MR) is 142 cm³/mol. The van der Waals surface area contributed by atoms with Crippen molar-refractivity contribution in [3.05, 3.63) is 94.3 Å². The summed E-state index contributed by atoms with van der Waals surface area (Å²) in [6.45, 7) is 6.21. The first kappa shape index (κ1) is 24.8. The van der Waals surface area contributed by atoms with Crippen LogP contribution in [0.15, 0.2) is 66.7 Å². The maximum Gasteiger partial charge on any atom is 0.251 e. The van der Waals surface area contributed by atoms with Gasteiger partial charge in [-0.2, -0.15) is 0 Å². The third-order valence-corrected chi connectivity index (χ3v) is 6.52. The van der Waals surface area contributed by atoms with Crippen molar-refractivity contribution in [2.45, 2.75) is 46.1 Å². The smallest absolute Gasteiger partial charge is 0.251 e. The van der Waals surface area contributed by atoms with Crippen LogP contribution in [0.4, 0.5) is 0 Å². The molecule has 0 saturated carbocycles. The Bertz CT molecular complexity index is 1280. The molecule has 0 unspecified atom stereocenters. The van der Waals surface area contributed by atoms with E-state index in [2.05, 4.69) is 54.1 Å². The fraction of sp³-hybridized carbons (Fsp3) is 0.310. The van der Waals surface area contributed by atoms with Crippen LogP contribution < -0.4 is 10.1 Å². The Labute approximate surface area is 212 Å². The first-order chi connectivity index (χ1) is 17.0. The Morgan fingerprint density at radius 2 is 1.77 bits per heavy atom. The zero-order valence-corrected chi connectivity index (χ0v) is 21.1. The molecule has 4 aromatic rings. The number of carbonyl (C=O) groups is 1. The van der Waals surface area contributed by atoms with Gasteiger partial charge in [0.05, 0.1) is 17.6 Å². The number of nitrogens with zero attached hydrogens (tertiary/aromatic N) is 2. The van der Waals surface area contributed by atoms with Crippen molar-refractivity contribution in [3.63, 3.8) is 0 Å². The van der Waals surface area contributed by atoms with Gasteiger partial charge in [0.25, 0.3) is 5.91 Å². The van der Waals surface area contributed by atoms with Crippen LogP contribution in [0.5, 0.6) is 5.75 Å². The summed E-state index contributed by atoms with van der Waals surface area (Å²) < 4.78 is 8.32. The van der Waals surface area contributed by atoms with Crippen molar-refractivity contribution in [2.24, 2.45) is 0 Å². The molecule has 1 heterocycles. The second-order valence-corrected chi connectivity index (χ2v) is 9.27. The van der Waals surface area contributed by atoms with Crippen LogP contribution in [0.2, 0.25) is 5.02 Å². The average Bonchev–Trinajstić information content (AvgIpc) is 3.21. The highest BCUT2D eigenvalue weighted by atomic mass is 35.5. The fourth-order valence-corrected chi connectivity index (χ4v) is 4.24. The molecule has 35 heavy (non-hydrogen) atoms. The Morgan fingerprint density at radius 1 is 0.971 bits per heavy atom. The van der Waals surface area contributed by atoms with E-state index >= 15 is 0 Å². The van der Waals surface area contributed by atoms with E-state index in [1.807, 2.05) is 12.1 Å². The van der Waals surface area contributed by atoms with Crippen molar-refractivity contribution in [1.29, 1.82) is 0 Å². The minimum absolute atomic E-state index is 0.0628. The summed E-state index contributed by atoms with van der Waals surface area (Å²) in [7, 11) is 0. The number of carbonyl (C=O) groups excluding carboxylic acids is 1. The number of nitrogens with one attached hydrogen (secondary N) is 1. The molecule has 182 valence electrons. The van der Waals surface area contributed by atoms with Gasteiger partial charge in [0.2, 0.25) is 0 Å². The number of halogens is 1. The molecule has 1 aromatic heterocycles. The number of hydrogen-bond donors (Lipinski definition) is 1. The van der Waals surface area contributed by atoms with Gasteiger partial charge in [-0.3, -0.25) is 4.79 Å². The third-order valence-electron chi connectivity index (χ3n) is 6.26. The lowest BCUT2D eigenvalue weighted by Crippen LogP contribution is -2.24. The summed E-state index contributed by atoms with van der Waals surface area (Å²) in [6.07, 6.45) is 3.85. The maximum atomic E-state index is 12.2. The number of amides is 1. The topological polar surface area (TPSA) is 56.1 Å². The Morgan fingerprint density at radius 3 is 2.57 bits per heavy atom. The van der Waals surface area contributed by atoms with Crippen LogP contribution in [-0.4, -0.2) is 28.6 Å². The van der Waals surface area contributed by atoms with E-state index in [0.717, 1.165) is 54.8 Å². The molecule has 0 aliphatic carbocycles. The highest BCUT2D eigenvalue weighted by molar-refractivity contribution is 6.30. The second kappa shape index (κ2) is 11.9. The number of rotatable bonds is 11. The molecule has 0 saturated heterocycles. The van der Waals surface area contributed by atoms with Crippen LogP contribution in [0.25, 0.3) is 11.0 Å². The molecule has 1 N–H and O–H groups in total. The summed E-state index contributed by atoms with van der Waals surface area (Å²) in [5.41, 5.74) is 5.29. The van der Waals surface area contributed by atoms with Gasteiger partial charge in [0.15, 0.2) is 0 Å².